The van der Waals surface area contributed by atoms with Gasteiger partial charge in [-0.3, -0.25) is 0 Å². The zero-order valence-electron chi connectivity index (χ0n) is 10.3. The Labute approximate surface area is 129 Å². The smallest absolute Gasteiger partial charge is 0.329 e. The number of benzene rings is 1. The van der Waals surface area contributed by atoms with Crippen LogP contribution in [0.5, 0.6) is 17.8 Å². The minimum Gasteiger partial charge on any atom is -0.461 e. The molecule has 0 aliphatic heterocycles. The predicted molar refractivity (Wildman–Crippen MR) is 79.8 cm³/mol. The van der Waals surface area contributed by atoms with Crippen molar-refractivity contribution < 1.29 is 9.47 Å². The number of ether oxygens (including phenoxy) is 2. The monoisotopic (exact) mass is 391 g/mol. The van der Waals surface area contributed by atoms with Gasteiger partial charge < -0.3 is 9.47 Å². The van der Waals surface area contributed by atoms with Crippen molar-refractivity contribution in [3.8, 4) is 17.8 Å². The second-order valence-corrected chi connectivity index (χ2v) is 5.48. The summed E-state index contributed by atoms with van der Waals surface area (Å²) < 4.78 is 11.9. The van der Waals surface area contributed by atoms with Gasteiger partial charge in [0, 0.05) is 3.57 Å². The molecular weight excluding hydrogens is 381 g/mol. The number of rotatable bonds is 4. The Morgan fingerprint density at radius 1 is 1.16 bits per heavy atom. The molecule has 5 nitrogen and oxygen atoms in total. The lowest BCUT2D eigenvalue weighted by Gasteiger charge is -2.09. The molecule has 0 radical (unpaired) electrons. The first kappa shape index (κ1) is 14.3. The summed E-state index contributed by atoms with van der Waals surface area (Å²) in [5, 5.41) is 0.0336. The maximum absolute atomic E-state index is 5.81. The van der Waals surface area contributed by atoms with Crippen LogP contribution < -0.4 is 9.47 Å². The van der Waals surface area contributed by atoms with E-state index in [-0.39, 0.29) is 23.4 Å². The quantitative estimate of drug-likeness (QED) is 0.744. The number of nitrogens with zero attached hydrogens (tertiary/aromatic N) is 3. The SMILES string of the molecule is CC(C)Oc1nc(Cl)nc(Oc2cccc(I)c2)n1. The van der Waals surface area contributed by atoms with E-state index in [0.29, 0.717) is 5.75 Å². The Balaban J connectivity index is 2.22. The Kier molecular flexibility index (Phi) is 4.76. The van der Waals surface area contributed by atoms with Crippen LogP contribution in [0.2, 0.25) is 5.28 Å². The van der Waals surface area contributed by atoms with Crippen LogP contribution in [0.25, 0.3) is 0 Å². The molecule has 1 aromatic carbocycles. The minimum atomic E-state index is -0.0519. The van der Waals surface area contributed by atoms with Crippen molar-refractivity contribution in [2.24, 2.45) is 0 Å². The average molecular weight is 392 g/mol. The summed E-state index contributed by atoms with van der Waals surface area (Å²) in [6.07, 6.45) is -0.0519. The maximum Gasteiger partial charge on any atom is 0.329 e. The molecule has 7 heteroatoms. The summed E-state index contributed by atoms with van der Waals surface area (Å²) in [5.41, 5.74) is 0. The molecule has 1 aromatic heterocycles. The third-order valence-corrected chi connectivity index (χ3v) is 2.75. The van der Waals surface area contributed by atoms with Crippen molar-refractivity contribution in [1.82, 2.24) is 15.0 Å². The first-order valence-corrected chi connectivity index (χ1v) is 7.00. The summed E-state index contributed by atoms with van der Waals surface area (Å²) >= 11 is 8.00. The van der Waals surface area contributed by atoms with Crippen molar-refractivity contribution in [3.63, 3.8) is 0 Å². The van der Waals surface area contributed by atoms with Gasteiger partial charge >= 0.3 is 12.0 Å². The van der Waals surface area contributed by atoms with Crippen LogP contribution in [0, 0.1) is 3.57 Å². The van der Waals surface area contributed by atoms with Crippen LogP contribution >= 0.6 is 34.2 Å². The van der Waals surface area contributed by atoms with Gasteiger partial charge in [-0.15, -0.1) is 4.98 Å². The highest BCUT2D eigenvalue weighted by Crippen LogP contribution is 2.22. The molecule has 19 heavy (non-hydrogen) atoms. The van der Waals surface area contributed by atoms with Gasteiger partial charge in [0.15, 0.2) is 0 Å². The molecule has 0 aliphatic carbocycles. The largest absolute Gasteiger partial charge is 0.461 e. The maximum atomic E-state index is 5.81. The van der Waals surface area contributed by atoms with E-state index in [1.807, 2.05) is 38.1 Å². The Bertz CT molecular complexity index is 581. The second-order valence-electron chi connectivity index (χ2n) is 3.90. The molecule has 0 fully saturated rings. The fourth-order valence-electron chi connectivity index (χ4n) is 1.26. The fraction of sp³-hybridized carbons (Fsp3) is 0.250. The first-order chi connectivity index (χ1) is 9.02. The fourth-order valence-corrected chi connectivity index (χ4v) is 1.92. The van der Waals surface area contributed by atoms with Crippen LogP contribution in [-0.4, -0.2) is 21.1 Å². The number of hydrogen-bond acceptors (Lipinski definition) is 5. The van der Waals surface area contributed by atoms with Crippen molar-refractivity contribution in [1.29, 1.82) is 0 Å². The van der Waals surface area contributed by atoms with E-state index >= 15 is 0 Å². The van der Waals surface area contributed by atoms with Crippen molar-refractivity contribution in [3.05, 3.63) is 33.1 Å². The Morgan fingerprint density at radius 2 is 1.89 bits per heavy atom. The molecule has 1 heterocycles. The first-order valence-electron chi connectivity index (χ1n) is 5.54. The van der Waals surface area contributed by atoms with Gasteiger partial charge in [0.2, 0.25) is 5.28 Å². The minimum absolute atomic E-state index is 0.0336. The van der Waals surface area contributed by atoms with Gasteiger partial charge in [0.1, 0.15) is 5.75 Å². The van der Waals surface area contributed by atoms with E-state index in [2.05, 4.69) is 37.5 Å². The van der Waals surface area contributed by atoms with E-state index in [4.69, 9.17) is 21.1 Å². The average Bonchev–Trinajstić information content (AvgIpc) is 2.26. The lowest BCUT2D eigenvalue weighted by Crippen LogP contribution is -2.09. The topological polar surface area (TPSA) is 57.1 Å². The van der Waals surface area contributed by atoms with E-state index in [0.717, 1.165) is 3.57 Å². The van der Waals surface area contributed by atoms with Crippen LogP contribution in [-0.2, 0) is 0 Å². The predicted octanol–water partition coefficient (Wildman–Crippen LogP) is 3.71. The summed E-state index contributed by atoms with van der Waals surface area (Å²) in [6.45, 7) is 3.75. The summed E-state index contributed by atoms with van der Waals surface area (Å²) in [5.74, 6) is 0.629. The van der Waals surface area contributed by atoms with Gasteiger partial charge in [-0.05, 0) is 66.2 Å². The van der Waals surface area contributed by atoms with E-state index in [9.17, 15) is 0 Å². The van der Waals surface area contributed by atoms with E-state index in [1.165, 1.54) is 0 Å². The van der Waals surface area contributed by atoms with Crippen LogP contribution in [0.3, 0.4) is 0 Å². The summed E-state index contributed by atoms with van der Waals surface area (Å²) in [6, 6.07) is 7.77. The van der Waals surface area contributed by atoms with Gasteiger partial charge in [0.25, 0.3) is 0 Å². The van der Waals surface area contributed by atoms with Crippen LogP contribution in [0.1, 0.15) is 13.8 Å². The third kappa shape index (κ3) is 4.46. The van der Waals surface area contributed by atoms with Crippen molar-refractivity contribution in [2.75, 3.05) is 0 Å². The van der Waals surface area contributed by atoms with Crippen LogP contribution in [0.15, 0.2) is 24.3 Å². The molecule has 0 spiro atoms. The van der Waals surface area contributed by atoms with E-state index in [1.54, 1.807) is 0 Å². The highest BCUT2D eigenvalue weighted by Gasteiger charge is 2.09. The lowest BCUT2D eigenvalue weighted by molar-refractivity contribution is 0.218. The van der Waals surface area contributed by atoms with Crippen molar-refractivity contribution in [2.45, 2.75) is 20.0 Å². The zero-order valence-corrected chi connectivity index (χ0v) is 13.2. The number of hydrogen-bond donors (Lipinski definition) is 0. The molecule has 0 atom stereocenters. The molecule has 2 rings (SSSR count). The molecule has 100 valence electrons. The van der Waals surface area contributed by atoms with Crippen LogP contribution in [0.4, 0.5) is 0 Å². The Morgan fingerprint density at radius 3 is 2.58 bits per heavy atom. The molecule has 0 aliphatic rings. The zero-order chi connectivity index (χ0) is 13.8. The summed E-state index contributed by atoms with van der Waals surface area (Å²) in [4.78, 5) is 11.8. The number of aromatic nitrogens is 3. The molecule has 0 bridgehead atoms. The van der Waals surface area contributed by atoms with E-state index < -0.39 is 0 Å². The Hall–Kier alpha value is -1.15. The normalized spacial score (nSPS) is 10.6. The highest BCUT2D eigenvalue weighted by molar-refractivity contribution is 14.1. The second kappa shape index (κ2) is 6.33. The third-order valence-electron chi connectivity index (χ3n) is 1.91. The molecule has 2 aromatic rings. The highest BCUT2D eigenvalue weighted by atomic mass is 127. The molecule has 0 saturated carbocycles. The molecular formula is C12H11ClIN3O2. The van der Waals surface area contributed by atoms with Crippen molar-refractivity contribution >= 4 is 34.2 Å². The van der Waals surface area contributed by atoms with Gasteiger partial charge in [0.05, 0.1) is 6.10 Å². The number of halogens is 2. The molecule has 0 amide bonds. The standard InChI is InChI=1S/C12H11ClIN3O2/c1-7(2)18-11-15-10(13)16-12(17-11)19-9-5-3-4-8(14)6-9/h3-7H,1-2H3. The molecule has 0 saturated heterocycles. The van der Waals surface area contributed by atoms with Gasteiger partial charge in [-0.2, -0.15) is 9.97 Å². The molecule has 0 unspecified atom stereocenters. The van der Waals surface area contributed by atoms with Gasteiger partial charge in [-0.25, -0.2) is 0 Å². The lowest BCUT2D eigenvalue weighted by atomic mass is 10.3. The summed E-state index contributed by atoms with van der Waals surface area (Å²) in [7, 11) is 0. The van der Waals surface area contributed by atoms with Gasteiger partial charge in [-0.1, -0.05) is 6.07 Å². The molecule has 0 N–H and O–H groups in total.